The summed E-state index contributed by atoms with van der Waals surface area (Å²) >= 11 is 12.3. The lowest BCUT2D eigenvalue weighted by atomic mass is 10.2. The lowest BCUT2D eigenvalue weighted by Crippen LogP contribution is -2.47. The van der Waals surface area contributed by atoms with E-state index in [0.717, 1.165) is 50.0 Å². The Balaban J connectivity index is 1.39. The molecular weight excluding hydrogens is 343 g/mol. The monoisotopic (exact) mass is 364 g/mol. The van der Waals surface area contributed by atoms with E-state index in [1.807, 2.05) is 36.4 Å². The highest BCUT2D eigenvalue weighted by Gasteiger charge is 2.18. The van der Waals surface area contributed by atoms with Crippen molar-refractivity contribution < 1.29 is 4.74 Å². The summed E-state index contributed by atoms with van der Waals surface area (Å²) in [5.41, 5.74) is 2.29. The molecule has 0 bridgehead atoms. The lowest BCUT2D eigenvalue weighted by molar-refractivity contribution is 0.0907. The molecule has 0 N–H and O–H groups in total. The van der Waals surface area contributed by atoms with E-state index in [9.17, 15) is 0 Å². The van der Waals surface area contributed by atoms with E-state index in [1.54, 1.807) is 0 Å². The van der Waals surface area contributed by atoms with E-state index in [0.29, 0.717) is 11.6 Å². The minimum absolute atomic E-state index is 0.679. The SMILES string of the molecule is Clc1ccc(N2CCN(CCOCc3ccccc3)CC2)c(Cl)c1. The van der Waals surface area contributed by atoms with Gasteiger partial charge < -0.3 is 9.64 Å². The van der Waals surface area contributed by atoms with Gasteiger partial charge in [0.25, 0.3) is 0 Å². The second kappa shape index (κ2) is 8.72. The molecule has 0 unspecified atom stereocenters. The normalized spacial score (nSPS) is 15.7. The van der Waals surface area contributed by atoms with Gasteiger partial charge in [-0.05, 0) is 23.8 Å². The molecule has 0 aliphatic carbocycles. The molecule has 1 saturated heterocycles. The van der Waals surface area contributed by atoms with Crippen LogP contribution in [-0.2, 0) is 11.3 Å². The molecule has 1 aliphatic heterocycles. The van der Waals surface area contributed by atoms with Crippen molar-refractivity contribution in [2.75, 3.05) is 44.2 Å². The number of anilines is 1. The molecule has 1 fully saturated rings. The highest BCUT2D eigenvalue weighted by molar-refractivity contribution is 6.36. The van der Waals surface area contributed by atoms with Crippen LogP contribution in [0, 0.1) is 0 Å². The summed E-state index contributed by atoms with van der Waals surface area (Å²) in [4.78, 5) is 4.76. The van der Waals surface area contributed by atoms with Crippen LogP contribution in [0.3, 0.4) is 0 Å². The zero-order valence-electron chi connectivity index (χ0n) is 13.6. The van der Waals surface area contributed by atoms with Crippen LogP contribution < -0.4 is 4.90 Å². The van der Waals surface area contributed by atoms with E-state index in [4.69, 9.17) is 27.9 Å². The van der Waals surface area contributed by atoms with Crippen LogP contribution in [0.2, 0.25) is 10.0 Å². The quantitative estimate of drug-likeness (QED) is 0.709. The minimum atomic E-state index is 0.679. The van der Waals surface area contributed by atoms with Gasteiger partial charge in [0.05, 0.1) is 23.9 Å². The highest BCUT2D eigenvalue weighted by atomic mass is 35.5. The summed E-state index contributed by atoms with van der Waals surface area (Å²) in [7, 11) is 0. The summed E-state index contributed by atoms with van der Waals surface area (Å²) in [6.45, 7) is 6.40. The summed E-state index contributed by atoms with van der Waals surface area (Å²) in [5.74, 6) is 0. The number of hydrogen-bond acceptors (Lipinski definition) is 3. The molecule has 0 spiro atoms. The molecule has 3 rings (SSSR count). The van der Waals surface area contributed by atoms with Gasteiger partial charge in [-0.3, -0.25) is 4.90 Å². The summed E-state index contributed by atoms with van der Waals surface area (Å²) in [5, 5.41) is 1.40. The Morgan fingerprint density at radius 2 is 1.67 bits per heavy atom. The maximum Gasteiger partial charge on any atom is 0.0717 e. The Morgan fingerprint density at radius 1 is 0.917 bits per heavy atom. The Hall–Kier alpha value is -1.26. The molecule has 0 amide bonds. The molecule has 3 nitrogen and oxygen atoms in total. The van der Waals surface area contributed by atoms with Gasteiger partial charge >= 0.3 is 0 Å². The van der Waals surface area contributed by atoms with Gasteiger partial charge in [0.1, 0.15) is 0 Å². The summed E-state index contributed by atoms with van der Waals surface area (Å²) in [6, 6.07) is 16.0. The first-order valence-electron chi connectivity index (χ1n) is 8.26. The molecule has 0 aromatic heterocycles. The van der Waals surface area contributed by atoms with Gasteiger partial charge in [-0.25, -0.2) is 0 Å². The second-order valence-corrected chi connectivity index (χ2v) is 6.81. The maximum absolute atomic E-state index is 6.30. The number of hydrogen-bond donors (Lipinski definition) is 0. The molecule has 24 heavy (non-hydrogen) atoms. The fraction of sp³-hybridized carbons (Fsp3) is 0.368. The topological polar surface area (TPSA) is 15.7 Å². The molecule has 0 radical (unpaired) electrons. The van der Waals surface area contributed by atoms with E-state index in [-0.39, 0.29) is 0 Å². The molecule has 128 valence electrons. The van der Waals surface area contributed by atoms with E-state index >= 15 is 0 Å². The minimum Gasteiger partial charge on any atom is -0.375 e. The first-order valence-corrected chi connectivity index (χ1v) is 9.02. The molecule has 0 saturated carbocycles. The van der Waals surface area contributed by atoms with Crippen LogP contribution in [0.1, 0.15) is 5.56 Å². The average Bonchev–Trinajstić information content (AvgIpc) is 2.60. The van der Waals surface area contributed by atoms with Crippen molar-refractivity contribution in [1.82, 2.24) is 4.90 Å². The lowest BCUT2D eigenvalue weighted by Gasteiger charge is -2.36. The predicted molar refractivity (Wildman–Crippen MR) is 101 cm³/mol. The molecule has 2 aromatic carbocycles. The van der Waals surface area contributed by atoms with Crippen LogP contribution in [-0.4, -0.2) is 44.2 Å². The predicted octanol–water partition coefficient (Wildman–Crippen LogP) is 4.33. The van der Waals surface area contributed by atoms with Crippen molar-refractivity contribution in [2.24, 2.45) is 0 Å². The van der Waals surface area contributed by atoms with Crippen molar-refractivity contribution in [1.29, 1.82) is 0 Å². The van der Waals surface area contributed by atoms with E-state index in [2.05, 4.69) is 21.9 Å². The van der Waals surface area contributed by atoms with E-state index in [1.165, 1.54) is 5.56 Å². The third kappa shape index (κ3) is 4.87. The van der Waals surface area contributed by atoms with Crippen molar-refractivity contribution in [3.63, 3.8) is 0 Å². The van der Waals surface area contributed by atoms with Gasteiger partial charge in [-0.1, -0.05) is 53.5 Å². The Labute approximate surface area is 153 Å². The number of benzene rings is 2. The van der Waals surface area contributed by atoms with Crippen molar-refractivity contribution in [3.8, 4) is 0 Å². The molecule has 2 aromatic rings. The van der Waals surface area contributed by atoms with Gasteiger partial charge in [-0.15, -0.1) is 0 Å². The largest absolute Gasteiger partial charge is 0.375 e. The highest BCUT2D eigenvalue weighted by Crippen LogP contribution is 2.29. The summed E-state index contributed by atoms with van der Waals surface area (Å²) < 4.78 is 5.78. The zero-order chi connectivity index (χ0) is 16.8. The number of piperazine rings is 1. The van der Waals surface area contributed by atoms with Crippen molar-refractivity contribution >= 4 is 28.9 Å². The second-order valence-electron chi connectivity index (χ2n) is 5.96. The Kier molecular flexibility index (Phi) is 6.38. The molecule has 1 heterocycles. The van der Waals surface area contributed by atoms with Gasteiger partial charge in [0.2, 0.25) is 0 Å². The van der Waals surface area contributed by atoms with Crippen molar-refractivity contribution in [3.05, 3.63) is 64.1 Å². The van der Waals surface area contributed by atoms with Crippen LogP contribution in [0.4, 0.5) is 5.69 Å². The Morgan fingerprint density at radius 3 is 2.38 bits per heavy atom. The number of nitrogens with zero attached hydrogens (tertiary/aromatic N) is 2. The number of rotatable bonds is 6. The fourth-order valence-electron chi connectivity index (χ4n) is 2.91. The summed E-state index contributed by atoms with van der Waals surface area (Å²) in [6.07, 6.45) is 0. The first kappa shape index (κ1) is 17.6. The Bertz CT molecular complexity index is 643. The third-order valence-electron chi connectivity index (χ3n) is 4.29. The van der Waals surface area contributed by atoms with Crippen LogP contribution in [0.5, 0.6) is 0 Å². The van der Waals surface area contributed by atoms with Gasteiger partial charge in [0.15, 0.2) is 0 Å². The van der Waals surface area contributed by atoms with Gasteiger partial charge in [-0.2, -0.15) is 0 Å². The molecule has 0 atom stereocenters. The molecule has 5 heteroatoms. The number of halogens is 2. The standard InChI is InChI=1S/C19H22Cl2N2O/c20-17-6-7-19(18(21)14-17)23-10-8-22(9-11-23)12-13-24-15-16-4-2-1-3-5-16/h1-7,14H,8-13,15H2. The third-order valence-corrected chi connectivity index (χ3v) is 4.82. The van der Waals surface area contributed by atoms with Crippen molar-refractivity contribution in [2.45, 2.75) is 6.61 Å². The van der Waals surface area contributed by atoms with Crippen LogP contribution in [0.25, 0.3) is 0 Å². The maximum atomic E-state index is 6.30. The van der Waals surface area contributed by atoms with Gasteiger partial charge in [0, 0.05) is 37.7 Å². The molecular formula is C19H22Cl2N2O. The smallest absolute Gasteiger partial charge is 0.0717 e. The average molecular weight is 365 g/mol. The molecule has 1 aliphatic rings. The zero-order valence-corrected chi connectivity index (χ0v) is 15.1. The first-order chi connectivity index (χ1) is 11.7. The van der Waals surface area contributed by atoms with Crippen LogP contribution >= 0.6 is 23.2 Å². The van der Waals surface area contributed by atoms with Crippen LogP contribution in [0.15, 0.2) is 48.5 Å². The fourth-order valence-corrected chi connectivity index (χ4v) is 3.44. The van der Waals surface area contributed by atoms with E-state index < -0.39 is 0 Å². The number of ether oxygens (including phenoxy) is 1.